The van der Waals surface area contributed by atoms with Crippen LogP contribution in [0.25, 0.3) is 0 Å². The lowest BCUT2D eigenvalue weighted by atomic mass is 9.91. The van der Waals surface area contributed by atoms with E-state index in [1.54, 1.807) is 12.1 Å². The summed E-state index contributed by atoms with van der Waals surface area (Å²) in [5.74, 6) is 0.329. The summed E-state index contributed by atoms with van der Waals surface area (Å²) < 4.78 is 0. The van der Waals surface area contributed by atoms with Gasteiger partial charge in [0.25, 0.3) is 0 Å². The second kappa shape index (κ2) is 5.25. The molecule has 0 spiro atoms. The normalized spacial score (nSPS) is 20.4. The Morgan fingerprint density at radius 1 is 1.29 bits per heavy atom. The number of aliphatic hydroxyl groups is 1. The van der Waals surface area contributed by atoms with Crippen LogP contribution < -0.4 is 5.73 Å². The minimum absolute atomic E-state index is 0.0398. The summed E-state index contributed by atoms with van der Waals surface area (Å²) in [6, 6.07) is 4.42. The van der Waals surface area contributed by atoms with E-state index < -0.39 is 12.1 Å². The zero-order chi connectivity index (χ0) is 12.4. The highest BCUT2D eigenvalue weighted by molar-refractivity contribution is 6.32. The maximum Gasteiger partial charge on any atom is 0.134 e. The molecule has 17 heavy (non-hydrogen) atoms. The molecule has 2 rings (SSSR count). The third kappa shape index (κ3) is 2.73. The van der Waals surface area contributed by atoms with E-state index in [1.807, 2.05) is 0 Å². The fourth-order valence-corrected chi connectivity index (χ4v) is 2.71. The van der Waals surface area contributed by atoms with Crippen molar-refractivity contribution in [3.63, 3.8) is 0 Å². The average Bonchev–Trinajstić information content (AvgIpc) is 2.84. The van der Waals surface area contributed by atoms with Crippen molar-refractivity contribution >= 4 is 11.6 Å². The highest BCUT2D eigenvalue weighted by atomic mass is 35.5. The van der Waals surface area contributed by atoms with Crippen molar-refractivity contribution in [2.24, 2.45) is 11.7 Å². The van der Waals surface area contributed by atoms with Gasteiger partial charge in [-0.1, -0.05) is 30.5 Å². The molecule has 94 valence electrons. The van der Waals surface area contributed by atoms with Crippen LogP contribution >= 0.6 is 11.6 Å². The lowest BCUT2D eigenvalue weighted by Crippen LogP contribution is -2.31. The van der Waals surface area contributed by atoms with E-state index in [9.17, 15) is 10.2 Å². The quantitative estimate of drug-likeness (QED) is 0.778. The number of rotatable bonds is 3. The van der Waals surface area contributed by atoms with Crippen LogP contribution in [-0.2, 0) is 0 Å². The standard InChI is InChI=1S/C13H18ClNO2/c14-10-7-9(5-6-11(10)16)12(15)13(17)8-3-1-2-4-8/h5-8,12-13,16-17H,1-4,15H2/t12-,13+/m0/s1. The second-order valence-electron chi connectivity index (χ2n) is 4.77. The minimum atomic E-state index is -0.530. The Labute approximate surface area is 106 Å². The number of halogens is 1. The van der Waals surface area contributed by atoms with Crippen molar-refractivity contribution in [2.45, 2.75) is 37.8 Å². The average molecular weight is 256 g/mol. The third-order valence-corrected chi connectivity index (χ3v) is 3.91. The lowest BCUT2D eigenvalue weighted by Gasteiger charge is -2.24. The SMILES string of the molecule is N[C@@H](c1ccc(O)c(Cl)c1)[C@H](O)C1CCCC1. The molecule has 0 amide bonds. The summed E-state index contributed by atoms with van der Waals surface area (Å²) in [4.78, 5) is 0. The number of hydrogen-bond donors (Lipinski definition) is 3. The lowest BCUT2D eigenvalue weighted by molar-refractivity contribution is 0.0845. The zero-order valence-electron chi connectivity index (χ0n) is 9.64. The van der Waals surface area contributed by atoms with Gasteiger partial charge < -0.3 is 15.9 Å². The highest BCUT2D eigenvalue weighted by Gasteiger charge is 2.28. The van der Waals surface area contributed by atoms with Crippen LogP contribution in [0.1, 0.15) is 37.3 Å². The number of hydrogen-bond acceptors (Lipinski definition) is 3. The Morgan fingerprint density at radius 2 is 1.94 bits per heavy atom. The number of aliphatic hydroxyl groups excluding tert-OH is 1. The summed E-state index contributed by atoms with van der Waals surface area (Å²) in [5, 5.41) is 19.8. The largest absolute Gasteiger partial charge is 0.506 e. The molecule has 1 saturated carbocycles. The number of phenolic OH excluding ortho intramolecular Hbond substituents is 1. The van der Waals surface area contributed by atoms with Gasteiger partial charge in [-0.25, -0.2) is 0 Å². The van der Waals surface area contributed by atoms with Gasteiger partial charge in [-0.05, 0) is 36.5 Å². The second-order valence-corrected chi connectivity index (χ2v) is 5.18. The number of phenols is 1. The molecule has 1 aromatic carbocycles. The number of benzene rings is 1. The smallest absolute Gasteiger partial charge is 0.134 e. The van der Waals surface area contributed by atoms with Gasteiger partial charge in [0.05, 0.1) is 17.2 Å². The zero-order valence-corrected chi connectivity index (χ0v) is 10.4. The first kappa shape index (κ1) is 12.7. The molecular weight excluding hydrogens is 238 g/mol. The molecule has 0 aliphatic heterocycles. The monoisotopic (exact) mass is 255 g/mol. The molecule has 1 aromatic rings. The fraction of sp³-hybridized carbons (Fsp3) is 0.538. The molecule has 0 bridgehead atoms. The van der Waals surface area contributed by atoms with Gasteiger partial charge in [-0.2, -0.15) is 0 Å². The van der Waals surface area contributed by atoms with Crippen molar-refractivity contribution in [3.8, 4) is 5.75 Å². The van der Waals surface area contributed by atoms with Crippen molar-refractivity contribution in [3.05, 3.63) is 28.8 Å². The Morgan fingerprint density at radius 3 is 2.53 bits per heavy atom. The molecule has 4 heteroatoms. The van der Waals surface area contributed by atoms with Crippen LogP contribution in [-0.4, -0.2) is 16.3 Å². The molecule has 4 N–H and O–H groups in total. The molecule has 1 aliphatic carbocycles. The van der Waals surface area contributed by atoms with E-state index in [4.69, 9.17) is 17.3 Å². The number of aromatic hydroxyl groups is 1. The van der Waals surface area contributed by atoms with Crippen molar-refractivity contribution < 1.29 is 10.2 Å². The summed E-state index contributed by atoms with van der Waals surface area (Å²) >= 11 is 5.84. The summed E-state index contributed by atoms with van der Waals surface area (Å²) in [6.45, 7) is 0. The molecule has 0 aromatic heterocycles. The van der Waals surface area contributed by atoms with Crippen LogP contribution in [0.4, 0.5) is 0 Å². The van der Waals surface area contributed by atoms with E-state index in [-0.39, 0.29) is 16.7 Å². The summed E-state index contributed by atoms with van der Waals surface area (Å²) in [5.41, 5.74) is 6.82. The van der Waals surface area contributed by atoms with Crippen molar-refractivity contribution in [2.75, 3.05) is 0 Å². The topological polar surface area (TPSA) is 66.5 Å². The molecule has 2 atom stereocenters. The molecule has 0 unspecified atom stereocenters. The van der Waals surface area contributed by atoms with Crippen molar-refractivity contribution in [1.29, 1.82) is 0 Å². The van der Waals surface area contributed by atoms with E-state index >= 15 is 0 Å². The Balaban J connectivity index is 2.12. The maximum absolute atomic E-state index is 10.2. The Hall–Kier alpha value is -0.770. The molecule has 3 nitrogen and oxygen atoms in total. The maximum atomic E-state index is 10.2. The fourth-order valence-electron chi connectivity index (χ4n) is 2.52. The van der Waals surface area contributed by atoms with E-state index in [1.165, 1.54) is 18.9 Å². The van der Waals surface area contributed by atoms with Crippen LogP contribution in [0, 0.1) is 5.92 Å². The summed E-state index contributed by atoms with van der Waals surface area (Å²) in [6.07, 6.45) is 3.90. The molecule has 1 fully saturated rings. The van der Waals surface area contributed by atoms with E-state index in [0.717, 1.165) is 18.4 Å². The van der Waals surface area contributed by atoms with Gasteiger partial charge in [0.15, 0.2) is 0 Å². The third-order valence-electron chi connectivity index (χ3n) is 3.61. The summed E-state index contributed by atoms with van der Waals surface area (Å²) in [7, 11) is 0. The van der Waals surface area contributed by atoms with Gasteiger partial charge in [0.1, 0.15) is 5.75 Å². The first-order valence-corrected chi connectivity index (χ1v) is 6.39. The first-order chi connectivity index (χ1) is 8.09. The predicted octanol–water partition coefficient (Wildman–Crippen LogP) is 2.60. The van der Waals surface area contributed by atoms with E-state index in [0.29, 0.717) is 0 Å². The number of nitrogens with two attached hydrogens (primary N) is 1. The molecule has 1 aliphatic rings. The van der Waals surface area contributed by atoms with Gasteiger partial charge in [0.2, 0.25) is 0 Å². The van der Waals surface area contributed by atoms with Gasteiger partial charge in [0, 0.05) is 0 Å². The first-order valence-electron chi connectivity index (χ1n) is 6.01. The predicted molar refractivity (Wildman–Crippen MR) is 68.0 cm³/mol. The molecular formula is C13H18ClNO2. The minimum Gasteiger partial charge on any atom is -0.506 e. The molecule has 0 saturated heterocycles. The van der Waals surface area contributed by atoms with E-state index in [2.05, 4.69) is 0 Å². The molecule has 0 radical (unpaired) electrons. The Bertz CT molecular complexity index is 391. The van der Waals surface area contributed by atoms with Crippen LogP contribution in [0.2, 0.25) is 5.02 Å². The van der Waals surface area contributed by atoms with Gasteiger partial charge in [-0.15, -0.1) is 0 Å². The van der Waals surface area contributed by atoms with Crippen LogP contribution in [0.3, 0.4) is 0 Å². The van der Waals surface area contributed by atoms with Gasteiger partial charge in [-0.3, -0.25) is 0 Å². The van der Waals surface area contributed by atoms with Crippen LogP contribution in [0.15, 0.2) is 18.2 Å². The molecule has 0 heterocycles. The van der Waals surface area contributed by atoms with Crippen LogP contribution in [0.5, 0.6) is 5.75 Å². The Kier molecular flexibility index (Phi) is 3.92. The van der Waals surface area contributed by atoms with Gasteiger partial charge >= 0.3 is 0 Å². The van der Waals surface area contributed by atoms with Crippen molar-refractivity contribution in [1.82, 2.24) is 0 Å². The highest BCUT2D eigenvalue weighted by Crippen LogP contribution is 2.34.